The van der Waals surface area contributed by atoms with Gasteiger partial charge in [0.2, 0.25) is 16.9 Å². The number of fused-ring (bicyclic) bond motifs is 1. The van der Waals surface area contributed by atoms with Crippen LogP contribution >= 0.6 is 0 Å². The summed E-state index contributed by atoms with van der Waals surface area (Å²) in [4.78, 5) is 13.3. The Bertz CT molecular complexity index is 1760. The van der Waals surface area contributed by atoms with Gasteiger partial charge in [-0.3, -0.25) is 4.79 Å². The van der Waals surface area contributed by atoms with Crippen molar-refractivity contribution in [3.8, 4) is 51.6 Å². The summed E-state index contributed by atoms with van der Waals surface area (Å²) in [5.41, 5.74) is -0.900. The predicted octanol–water partition coefficient (Wildman–Crippen LogP) is 5.17. The highest BCUT2D eigenvalue weighted by atomic mass is 32.2. The molecule has 0 spiro atoms. The van der Waals surface area contributed by atoms with E-state index >= 15 is 0 Å². The van der Waals surface area contributed by atoms with Crippen molar-refractivity contribution in [1.29, 1.82) is 0 Å². The number of hydrogen-bond acceptors (Lipinski definition) is 11. The third-order valence-electron chi connectivity index (χ3n) is 5.81. The molecule has 0 atom stereocenters. The smallest absolute Gasteiger partial charge is 0.496 e. The fraction of sp³-hybridized carbons (Fsp3) is 0.222. The van der Waals surface area contributed by atoms with E-state index in [1.54, 1.807) is 0 Å². The molecule has 224 valence electrons. The normalized spacial score (nSPS) is 11.6. The van der Waals surface area contributed by atoms with Crippen LogP contribution < -0.4 is 38.0 Å². The van der Waals surface area contributed by atoms with Crippen LogP contribution in [0.15, 0.2) is 62.6 Å². The third kappa shape index (κ3) is 5.95. The summed E-state index contributed by atoms with van der Waals surface area (Å²) in [6.07, 6.45) is -4.99. The molecule has 0 aliphatic carbocycles. The second-order valence-corrected chi connectivity index (χ2v) is 9.81. The van der Waals surface area contributed by atoms with Crippen molar-refractivity contribution in [1.82, 2.24) is 0 Å². The lowest BCUT2D eigenvalue weighted by atomic mass is 10.1. The molecule has 42 heavy (non-hydrogen) atoms. The third-order valence-corrected chi connectivity index (χ3v) is 7.05. The maximum absolute atomic E-state index is 13.9. The van der Waals surface area contributed by atoms with E-state index in [1.807, 2.05) is 0 Å². The zero-order valence-electron chi connectivity index (χ0n) is 22.7. The zero-order chi connectivity index (χ0) is 30.8. The van der Waals surface area contributed by atoms with Gasteiger partial charge < -0.3 is 37.0 Å². The first-order valence-corrected chi connectivity index (χ1v) is 13.1. The average molecular weight is 613 g/mol. The minimum absolute atomic E-state index is 0.00885. The Balaban J connectivity index is 1.97. The van der Waals surface area contributed by atoms with Crippen molar-refractivity contribution in [3.05, 3.63) is 58.8 Å². The summed E-state index contributed by atoms with van der Waals surface area (Å²) >= 11 is 0. The van der Waals surface area contributed by atoms with Crippen LogP contribution in [0.5, 0.6) is 40.2 Å². The van der Waals surface area contributed by atoms with Gasteiger partial charge in [-0.15, -0.1) is 13.2 Å². The monoisotopic (exact) mass is 612 g/mol. The van der Waals surface area contributed by atoms with E-state index < -0.39 is 38.3 Å². The largest absolute Gasteiger partial charge is 0.573 e. The second kappa shape index (κ2) is 11.6. The minimum atomic E-state index is -4.99. The first-order valence-electron chi connectivity index (χ1n) is 11.7. The summed E-state index contributed by atoms with van der Waals surface area (Å²) < 4.78 is 106. The molecule has 0 bridgehead atoms. The molecular weight excluding hydrogens is 589 g/mol. The highest BCUT2D eigenvalue weighted by Gasteiger charge is 2.32. The van der Waals surface area contributed by atoms with Gasteiger partial charge in [0.25, 0.3) is 0 Å². The molecule has 3 aromatic carbocycles. The predicted molar refractivity (Wildman–Crippen MR) is 142 cm³/mol. The Kier molecular flexibility index (Phi) is 8.33. The van der Waals surface area contributed by atoms with Gasteiger partial charge in [-0.25, -0.2) is 0 Å². The summed E-state index contributed by atoms with van der Waals surface area (Å²) in [6.45, 7) is 0. The fourth-order valence-electron chi connectivity index (χ4n) is 3.97. The molecule has 0 aliphatic heterocycles. The van der Waals surface area contributed by atoms with Crippen LogP contribution in [0.3, 0.4) is 0 Å². The Hall–Kier alpha value is -4.79. The van der Waals surface area contributed by atoms with E-state index in [4.69, 9.17) is 32.3 Å². The first kappa shape index (κ1) is 30.2. The highest BCUT2D eigenvalue weighted by molar-refractivity contribution is 7.87. The fourth-order valence-corrected chi connectivity index (χ4v) is 4.90. The number of benzene rings is 3. The average Bonchev–Trinajstić information content (AvgIpc) is 2.96. The molecule has 4 rings (SSSR count). The molecule has 0 unspecified atom stereocenters. The molecule has 11 nitrogen and oxygen atoms in total. The van der Waals surface area contributed by atoms with Crippen molar-refractivity contribution in [2.75, 3.05) is 35.5 Å². The molecule has 0 saturated carbocycles. The SMILES string of the molecule is COc1cc(OC)c2c(=O)c(OS(=O)(=O)c3ccc(OC(F)(F)F)cc3)c(-c3cc(OC)c(OC)c(OC)c3)oc2c1. The van der Waals surface area contributed by atoms with Gasteiger partial charge in [-0.1, -0.05) is 0 Å². The molecule has 0 N–H and O–H groups in total. The van der Waals surface area contributed by atoms with Gasteiger partial charge in [-0.05, 0) is 36.4 Å². The maximum Gasteiger partial charge on any atom is 0.573 e. The van der Waals surface area contributed by atoms with Crippen LogP contribution in [0.4, 0.5) is 13.2 Å². The topological polar surface area (TPSA) is 129 Å². The molecule has 0 radical (unpaired) electrons. The Morgan fingerprint density at radius 1 is 0.714 bits per heavy atom. The van der Waals surface area contributed by atoms with E-state index in [-0.39, 0.29) is 51.0 Å². The molecule has 15 heteroatoms. The summed E-state index contributed by atoms with van der Waals surface area (Å²) in [6, 6.07) is 8.77. The maximum atomic E-state index is 13.9. The molecule has 0 fully saturated rings. The summed E-state index contributed by atoms with van der Waals surface area (Å²) in [5, 5.41) is -0.173. The lowest BCUT2D eigenvalue weighted by Gasteiger charge is -2.17. The van der Waals surface area contributed by atoms with Crippen molar-refractivity contribution < 1.29 is 58.6 Å². The van der Waals surface area contributed by atoms with Crippen molar-refractivity contribution in [2.45, 2.75) is 11.3 Å². The molecule has 0 aliphatic rings. The van der Waals surface area contributed by atoms with E-state index in [0.717, 1.165) is 24.3 Å². The number of rotatable bonds is 10. The molecule has 1 heterocycles. The second-order valence-electron chi connectivity index (χ2n) is 8.26. The minimum Gasteiger partial charge on any atom is -0.496 e. The van der Waals surface area contributed by atoms with Gasteiger partial charge in [0.1, 0.15) is 33.1 Å². The van der Waals surface area contributed by atoms with Gasteiger partial charge >= 0.3 is 16.5 Å². The van der Waals surface area contributed by atoms with Crippen LogP contribution in [-0.2, 0) is 10.1 Å². The molecule has 0 saturated heterocycles. The quantitative estimate of drug-likeness (QED) is 0.220. The molecule has 0 amide bonds. The van der Waals surface area contributed by atoms with E-state index in [2.05, 4.69) is 4.74 Å². The molecular formula is C27H23F3O11S. The van der Waals surface area contributed by atoms with Crippen LogP contribution in [0.1, 0.15) is 0 Å². The lowest BCUT2D eigenvalue weighted by Crippen LogP contribution is -2.18. The van der Waals surface area contributed by atoms with Gasteiger partial charge in [-0.2, -0.15) is 8.42 Å². The van der Waals surface area contributed by atoms with E-state index in [1.165, 1.54) is 59.8 Å². The Labute approximate surface area is 237 Å². The highest BCUT2D eigenvalue weighted by Crippen LogP contribution is 2.44. The number of ether oxygens (including phenoxy) is 6. The summed E-state index contributed by atoms with van der Waals surface area (Å²) in [7, 11) is 1.91. The van der Waals surface area contributed by atoms with Gasteiger partial charge in [0.05, 0.1) is 35.5 Å². The van der Waals surface area contributed by atoms with E-state index in [9.17, 15) is 26.4 Å². The Morgan fingerprint density at radius 2 is 1.31 bits per heavy atom. The standard InChI is InChI=1S/C27H23F3O11S/c1-34-16-12-18(35-2)22-19(13-16)39-24(14-10-20(36-3)25(38-5)21(11-14)37-4)26(23(22)31)41-42(32,33)17-8-6-15(7-9-17)40-27(28,29)30/h6-13H,1-5H3. The van der Waals surface area contributed by atoms with Crippen molar-refractivity contribution in [3.63, 3.8) is 0 Å². The van der Waals surface area contributed by atoms with E-state index in [0.29, 0.717) is 0 Å². The van der Waals surface area contributed by atoms with Crippen molar-refractivity contribution >= 4 is 21.1 Å². The number of methoxy groups -OCH3 is 5. The number of hydrogen-bond donors (Lipinski definition) is 0. The number of halogens is 3. The van der Waals surface area contributed by atoms with Crippen LogP contribution in [0.25, 0.3) is 22.3 Å². The van der Waals surface area contributed by atoms with Crippen LogP contribution in [-0.4, -0.2) is 50.3 Å². The lowest BCUT2D eigenvalue weighted by molar-refractivity contribution is -0.274. The zero-order valence-corrected chi connectivity index (χ0v) is 23.5. The van der Waals surface area contributed by atoms with Crippen LogP contribution in [0, 0.1) is 0 Å². The first-order chi connectivity index (χ1) is 19.8. The molecule has 1 aromatic heterocycles. The Morgan fingerprint density at radius 3 is 1.81 bits per heavy atom. The summed E-state index contributed by atoms with van der Waals surface area (Å²) in [5.74, 6) is -1.06. The van der Waals surface area contributed by atoms with Gasteiger partial charge in [0.15, 0.2) is 17.3 Å². The van der Waals surface area contributed by atoms with Gasteiger partial charge in [0, 0.05) is 17.7 Å². The van der Waals surface area contributed by atoms with Crippen molar-refractivity contribution in [2.24, 2.45) is 0 Å². The molecule has 4 aromatic rings. The van der Waals surface area contributed by atoms with Crippen LogP contribution in [0.2, 0.25) is 0 Å². The number of alkyl halides is 3.